The highest BCUT2D eigenvalue weighted by Gasteiger charge is 2.18. The van der Waals surface area contributed by atoms with Gasteiger partial charge < -0.3 is 21.7 Å². The van der Waals surface area contributed by atoms with Gasteiger partial charge in [0, 0.05) is 43.5 Å². The first-order valence-electron chi connectivity index (χ1n) is 9.34. The van der Waals surface area contributed by atoms with Crippen molar-refractivity contribution in [3.8, 4) is 0 Å². The van der Waals surface area contributed by atoms with Crippen LogP contribution in [0.25, 0.3) is 0 Å². The summed E-state index contributed by atoms with van der Waals surface area (Å²) in [4.78, 5) is 16.1. The smallest absolute Gasteiger partial charge is 0.252 e. The number of hydrogen-bond donors (Lipinski definition) is 4. The van der Waals surface area contributed by atoms with Crippen molar-refractivity contribution in [1.82, 2.24) is 10.3 Å². The number of nitrogens with two attached hydrogens (primary N) is 1. The van der Waals surface area contributed by atoms with Gasteiger partial charge in [0.15, 0.2) is 0 Å². The zero-order valence-electron chi connectivity index (χ0n) is 15.5. The standard InChI is InChI=1S/C22H23N5O/c23-22(28)19-14-26-21(10-20(19)25-11-15-4-2-1-3-5-15)27-18-8-6-16(7-9-18)17-12-24-13-17/h1-10,14,17,24H,11-13H2,(H2,23,28)(H2,25,26,27). The molecule has 1 amide bonds. The van der Waals surface area contributed by atoms with Crippen LogP contribution in [0.4, 0.5) is 17.2 Å². The van der Waals surface area contributed by atoms with E-state index in [4.69, 9.17) is 5.73 Å². The minimum Gasteiger partial charge on any atom is -0.380 e. The van der Waals surface area contributed by atoms with Crippen LogP contribution in [0.3, 0.4) is 0 Å². The lowest BCUT2D eigenvalue weighted by Gasteiger charge is -2.27. The molecule has 5 N–H and O–H groups in total. The summed E-state index contributed by atoms with van der Waals surface area (Å²) in [5, 5.41) is 9.87. The molecular formula is C22H23N5O. The molecule has 0 radical (unpaired) electrons. The van der Waals surface area contributed by atoms with Gasteiger partial charge in [-0.05, 0) is 23.3 Å². The number of anilines is 3. The minimum atomic E-state index is -0.506. The van der Waals surface area contributed by atoms with E-state index in [1.165, 1.54) is 11.8 Å². The zero-order chi connectivity index (χ0) is 19.3. The number of carbonyl (C=O) groups is 1. The molecule has 0 atom stereocenters. The second-order valence-electron chi connectivity index (χ2n) is 6.92. The molecule has 3 aromatic rings. The topological polar surface area (TPSA) is 92.1 Å². The molecule has 0 spiro atoms. The van der Waals surface area contributed by atoms with Crippen molar-refractivity contribution in [1.29, 1.82) is 0 Å². The van der Waals surface area contributed by atoms with E-state index in [9.17, 15) is 4.79 Å². The van der Waals surface area contributed by atoms with E-state index in [2.05, 4.69) is 45.2 Å². The normalized spacial score (nSPS) is 13.6. The number of pyridine rings is 1. The lowest BCUT2D eigenvalue weighted by Crippen LogP contribution is -2.39. The van der Waals surface area contributed by atoms with Crippen molar-refractivity contribution in [3.05, 3.63) is 83.6 Å². The lowest BCUT2D eigenvalue weighted by molar-refractivity contribution is 0.100. The van der Waals surface area contributed by atoms with Crippen LogP contribution in [0.5, 0.6) is 0 Å². The van der Waals surface area contributed by atoms with Crippen molar-refractivity contribution in [2.45, 2.75) is 12.5 Å². The first-order chi connectivity index (χ1) is 13.7. The van der Waals surface area contributed by atoms with Crippen LogP contribution >= 0.6 is 0 Å². The monoisotopic (exact) mass is 373 g/mol. The molecule has 142 valence electrons. The maximum absolute atomic E-state index is 11.8. The summed E-state index contributed by atoms with van der Waals surface area (Å²) in [6.07, 6.45) is 1.51. The number of amides is 1. The average Bonchev–Trinajstić information content (AvgIpc) is 2.67. The molecule has 0 aliphatic carbocycles. The number of primary amides is 1. The van der Waals surface area contributed by atoms with Crippen molar-refractivity contribution >= 4 is 23.1 Å². The van der Waals surface area contributed by atoms with Gasteiger partial charge >= 0.3 is 0 Å². The van der Waals surface area contributed by atoms with Gasteiger partial charge in [-0.2, -0.15) is 0 Å². The van der Waals surface area contributed by atoms with Crippen molar-refractivity contribution < 1.29 is 4.79 Å². The summed E-state index contributed by atoms with van der Waals surface area (Å²) in [6, 6.07) is 20.2. The van der Waals surface area contributed by atoms with E-state index in [-0.39, 0.29) is 0 Å². The van der Waals surface area contributed by atoms with Crippen LogP contribution in [-0.4, -0.2) is 24.0 Å². The third-order valence-corrected chi connectivity index (χ3v) is 4.93. The number of aromatic nitrogens is 1. The highest BCUT2D eigenvalue weighted by Crippen LogP contribution is 2.25. The molecule has 1 fully saturated rings. The average molecular weight is 373 g/mol. The Kier molecular flexibility index (Phi) is 5.21. The number of rotatable bonds is 7. The first kappa shape index (κ1) is 18.0. The number of nitrogens with one attached hydrogen (secondary N) is 3. The Labute approximate surface area is 164 Å². The zero-order valence-corrected chi connectivity index (χ0v) is 15.5. The lowest BCUT2D eigenvalue weighted by atomic mass is 9.94. The van der Waals surface area contributed by atoms with Crippen LogP contribution in [0.1, 0.15) is 27.4 Å². The van der Waals surface area contributed by atoms with E-state index >= 15 is 0 Å². The molecule has 28 heavy (non-hydrogen) atoms. The molecule has 1 aliphatic heterocycles. The number of carbonyl (C=O) groups excluding carboxylic acids is 1. The van der Waals surface area contributed by atoms with Crippen LogP contribution in [0.15, 0.2) is 66.9 Å². The highest BCUT2D eigenvalue weighted by atomic mass is 16.1. The van der Waals surface area contributed by atoms with E-state index < -0.39 is 5.91 Å². The van der Waals surface area contributed by atoms with E-state index in [0.717, 1.165) is 24.3 Å². The van der Waals surface area contributed by atoms with Gasteiger partial charge in [0.1, 0.15) is 5.82 Å². The number of nitrogens with zero attached hydrogens (tertiary/aromatic N) is 1. The van der Waals surface area contributed by atoms with Gasteiger partial charge in [0.25, 0.3) is 5.91 Å². The molecule has 6 heteroatoms. The Balaban J connectivity index is 1.49. The van der Waals surface area contributed by atoms with Crippen LogP contribution < -0.4 is 21.7 Å². The fourth-order valence-electron chi connectivity index (χ4n) is 3.17. The predicted molar refractivity (Wildman–Crippen MR) is 112 cm³/mol. The van der Waals surface area contributed by atoms with Crippen LogP contribution in [0.2, 0.25) is 0 Å². The first-order valence-corrected chi connectivity index (χ1v) is 9.34. The Morgan fingerprint density at radius 2 is 1.86 bits per heavy atom. The second-order valence-corrected chi connectivity index (χ2v) is 6.92. The van der Waals surface area contributed by atoms with Gasteiger partial charge in [-0.25, -0.2) is 4.98 Å². The summed E-state index contributed by atoms with van der Waals surface area (Å²) in [6.45, 7) is 2.67. The predicted octanol–water partition coefficient (Wildman–Crippen LogP) is 3.22. The Morgan fingerprint density at radius 1 is 1.11 bits per heavy atom. The van der Waals surface area contributed by atoms with Gasteiger partial charge in [-0.1, -0.05) is 42.5 Å². The van der Waals surface area contributed by atoms with Gasteiger partial charge in [0.2, 0.25) is 0 Å². The van der Waals surface area contributed by atoms with E-state index in [1.807, 2.05) is 36.4 Å². The molecule has 2 aromatic carbocycles. The molecule has 4 rings (SSSR count). The highest BCUT2D eigenvalue weighted by molar-refractivity contribution is 5.98. The molecule has 1 saturated heterocycles. The maximum atomic E-state index is 11.8. The number of benzene rings is 2. The maximum Gasteiger partial charge on any atom is 0.252 e. The summed E-state index contributed by atoms with van der Waals surface area (Å²) >= 11 is 0. The fourth-order valence-corrected chi connectivity index (χ4v) is 3.17. The molecule has 2 heterocycles. The van der Waals surface area contributed by atoms with Crippen molar-refractivity contribution in [3.63, 3.8) is 0 Å². The molecule has 0 unspecified atom stereocenters. The van der Waals surface area contributed by atoms with Crippen LogP contribution in [-0.2, 0) is 6.54 Å². The minimum absolute atomic E-state index is 0.370. The molecular weight excluding hydrogens is 350 g/mol. The van der Waals surface area contributed by atoms with Gasteiger partial charge in [0.05, 0.1) is 11.3 Å². The molecule has 1 aromatic heterocycles. The fraction of sp³-hybridized carbons (Fsp3) is 0.182. The van der Waals surface area contributed by atoms with E-state index in [0.29, 0.717) is 29.5 Å². The third-order valence-electron chi connectivity index (χ3n) is 4.93. The molecule has 0 saturated carbocycles. The second kappa shape index (κ2) is 8.10. The summed E-state index contributed by atoms with van der Waals surface area (Å²) in [5.74, 6) is 0.752. The quantitative estimate of drug-likeness (QED) is 0.510. The molecule has 1 aliphatic rings. The summed E-state index contributed by atoms with van der Waals surface area (Å²) < 4.78 is 0. The Bertz CT molecular complexity index is 952. The van der Waals surface area contributed by atoms with Crippen molar-refractivity contribution in [2.24, 2.45) is 5.73 Å². The van der Waals surface area contributed by atoms with Gasteiger partial charge in [-0.3, -0.25) is 4.79 Å². The van der Waals surface area contributed by atoms with Crippen LogP contribution in [0, 0.1) is 0 Å². The molecule has 0 bridgehead atoms. The largest absolute Gasteiger partial charge is 0.380 e. The summed E-state index contributed by atoms with van der Waals surface area (Å²) in [5.41, 5.74) is 9.94. The van der Waals surface area contributed by atoms with Gasteiger partial charge in [-0.15, -0.1) is 0 Å². The van der Waals surface area contributed by atoms with E-state index in [1.54, 1.807) is 0 Å². The van der Waals surface area contributed by atoms with Crippen molar-refractivity contribution in [2.75, 3.05) is 23.7 Å². The molecule has 6 nitrogen and oxygen atoms in total. The third kappa shape index (κ3) is 4.13. The number of hydrogen-bond acceptors (Lipinski definition) is 5. The Hall–Kier alpha value is -3.38. The SMILES string of the molecule is NC(=O)c1cnc(Nc2ccc(C3CNC3)cc2)cc1NCc1ccccc1. The summed E-state index contributed by atoms with van der Waals surface area (Å²) in [7, 11) is 0. The Morgan fingerprint density at radius 3 is 2.50 bits per heavy atom.